The predicted octanol–water partition coefficient (Wildman–Crippen LogP) is 3.73. The van der Waals surface area contributed by atoms with E-state index in [0.29, 0.717) is 37.9 Å². The number of nitrogens with one attached hydrogen (secondary N) is 2. The summed E-state index contributed by atoms with van der Waals surface area (Å²) in [6.07, 6.45) is 2.62. The molecule has 1 aliphatic heterocycles. The van der Waals surface area contributed by atoms with Gasteiger partial charge in [0.1, 0.15) is 5.75 Å². The average Bonchev–Trinajstić information content (AvgIpc) is 2.91. The molecule has 0 radical (unpaired) electrons. The van der Waals surface area contributed by atoms with Gasteiger partial charge < -0.3 is 25.7 Å². The number of anilines is 1. The van der Waals surface area contributed by atoms with E-state index in [0.717, 1.165) is 24.9 Å². The number of aromatic hydroxyl groups is 1. The van der Waals surface area contributed by atoms with Gasteiger partial charge in [-0.25, -0.2) is 0 Å². The maximum atomic E-state index is 12.8. The van der Waals surface area contributed by atoms with Gasteiger partial charge >= 0.3 is 0 Å². The summed E-state index contributed by atoms with van der Waals surface area (Å²) < 4.78 is 0. The Morgan fingerprint density at radius 1 is 1.05 bits per heavy atom. The van der Waals surface area contributed by atoms with Crippen molar-refractivity contribution in [3.05, 3.63) is 94.5 Å². The van der Waals surface area contributed by atoms with E-state index in [4.69, 9.17) is 0 Å². The van der Waals surface area contributed by atoms with Crippen LogP contribution in [0.5, 0.6) is 5.75 Å². The van der Waals surface area contributed by atoms with Crippen LogP contribution in [0.3, 0.4) is 0 Å². The van der Waals surface area contributed by atoms with Crippen LogP contribution in [-0.2, 0) is 35.4 Å². The number of fused-ring (bicyclic) bond motifs is 1. The van der Waals surface area contributed by atoms with Crippen molar-refractivity contribution in [2.24, 2.45) is 0 Å². The van der Waals surface area contributed by atoms with Gasteiger partial charge in [0.05, 0.1) is 11.8 Å². The summed E-state index contributed by atoms with van der Waals surface area (Å²) in [5, 5.41) is 26.1. The van der Waals surface area contributed by atoms with Gasteiger partial charge in [0.25, 0.3) is 0 Å². The molecular weight excluding hydrogens is 466 g/mol. The average molecular weight is 502 g/mol. The van der Waals surface area contributed by atoms with Crippen molar-refractivity contribution in [3.8, 4) is 5.75 Å². The number of amides is 2. The van der Waals surface area contributed by atoms with E-state index in [-0.39, 0.29) is 23.4 Å². The summed E-state index contributed by atoms with van der Waals surface area (Å²) in [4.78, 5) is 25.5. The zero-order valence-corrected chi connectivity index (χ0v) is 21.2. The van der Waals surface area contributed by atoms with Crippen LogP contribution in [0.1, 0.15) is 47.3 Å². The Bertz CT molecular complexity index is 1230. The third-order valence-corrected chi connectivity index (χ3v) is 6.92. The Morgan fingerprint density at radius 3 is 2.65 bits per heavy atom. The maximum Gasteiger partial charge on any atom is 0.223 e. The van der Waals surface area contributed by atoms with Crippen LogP contribution >= 0.6 is 0 Å². The molecule has 0 fully saturated rings. The predicted molar refractivity (Wildman–Crippen MR) is 144 cm³/mol. The third-order valence-electron chi connectivity index (χ3n) is 6.92. The fourth-order valence-electron chi connectivity index (χ4n) is 4.83. The fourth-order valence-corrected chi connectivity index (χ4v) is 4.83. The van der Waals surface area contributed by atoms with Crippen molar-refractivity contribution in [2.45, 2.75) is 51.3 Å². The lowest BCUT2D eigenvalue weighted by atomic mass is 9.98. The van der Waals surface area contributed by atoms with Gasteiger partial charge in [0.15, 0.2) is 0 Å². The van der Waals surface area contributed by atoms with Crippen molar-refractivity contribution < 1.29 is 19.8 Å². The standard InChI is InChI=1S/C30H35N3O4/c1-21(31-18-29(36)25-10-11-28(35)27(17-25)32-20-34)15-23-6-4-5-22(16-23)9-12-30(37)33-14-13-24-7-2-3-8-26(24)19-33/h2-8,10-11,16-17,20-21,29,31,35-36H,9,12-15,18-19H2,1H3,(H,32,34)/t21?,29-/m0/s1. The van der Waals surface area contributed by atoms with E-state index < -0.39 is 6.10 Å². The minimum absolute atomic E-state index is 0.0489. The molecule has 0 spiro atoms. The van der Waals surface area contributed by atoms with Crippen molar-refractivity contribution in [3.63, 3.8) is 0 Å². The number of carbonyl (C=O) groups is 2. The van der Waals surface area contributed by atoms with Gasteiger partial charge in [-0.05, 0) is 66.1 Å². The highest BCUT2D eigenvalue weighted by Gasteiger charge is 2.20. The topological polar surface area (TPSA) is 102 Å². The first-order valence-electron chi connectivity index (χ1n) is 12.8. The van der Waals surface area contributed by atoms with Gasteiger partial charge in [0, 0.05) is 32.1 Å². The molecule has 0 bridgehead atoms. The molecule has 1 heterocycles. The van der Waals surface area contributed by atoms with Crippen molar-refractivity contribution in [1.82, 2.24) is 10.2 Å². The zero-order valence-electron chi connectivity index (χ0n) is 21.2. The van der Waals surface area contributed by atoms with E-state index in [9.17, 15) is 19.8 Å². The first-order valence-corrected chi connectivity index (χ1v) is 12.8. The summed E-state index contributed by atoms with van der Waals surface area (Å²) in [7, 11) is 0. The van der Waals surface area contributed by atoms with E-state index in [1.54, 1.807) is 12.1 Å². The summed E-state index contributed by atoms with van der Waals surface area (Å²) in [6, 6.07) is 21.5. The first kappa shape index (κ1) is 26.4. The van der Waals surface area contributed by atoms with E-state index in [2.05, 4.69) is 54.0 Å². The molecule has 4 rings (SSSR count). The molecule has 2 atom stereocenters. The quantitative estimate of drug-likeness (QED) is 0.237. The van der Waals surface area contributed by atoms with E-state index in [1.807, 2.05) is 17.0 Å². The van der Waals surface area contributed by atoms with Crippen LogP contribution in [0.25, 0.3) is 0 Å². The Morgan fingerprint density at radius 2 is 1.84 bits per heavy atom. The monoisotopic (exact) mass is 501 g/mol. The number of aliphatic hydroxyl groups is 1. The lowest BCUT2D eigenvalue weighted by molar-refractivity contribution is -0.132. The van der Waals surface area contributed by atoms with Crippen LogP contribution in [0, 0.1) is 0 Å². The number of aliphatic hydroxyl groups excluding tert-OH is 1. The van der Waals surface area contributed by atoms with Gasteiger partial charge in [-0.3, -0.25) is 9.59 Å². The molecule has 37 heavy (non-hydrogen) atoms. The van der Waals surface area contributed by atoms with E-state index in [1.165, 1.54) is 22.8 Å². The molecular formula is C30H35N3O4. The summed E-state index contributed by atoms with van der Waals surface area (Å²) in [5.74, 6) is 0.150. The smallest absolute Gasteiger partial charge is 0.223 e. The number of hydrogen-bond acceptors (Lipinski definition) is 5. The second kappa shape index (κ2) is 12.5. The number of benzene rings is 3. The highest BCUT2D eigenvalue weighted by molar-refractivity contribution is 5.77. The van der Waals surface area contributed by atoms with Gasteiger partial charge in [-0.2, -0.15) is 0 Å². The maximum absolute atomic E-state index is 12.8. The Labute approximate surface area is 218 Å². The SMILES string of the molecule is CC(Cc1cccc(CCC(=O)N2CCc3ccccc3C2)c1)NC[C@H](O)c1ccc(O)c(NC=O)c1. The van der Waals surface area contributed by atoms with Gasteiger partial charge in [-0.15, -0.1) is 0 Å². The van der Waals surface area contributed by atoms with Crippen LogP contribution < -0.4 is 10.6 Å². The molecule has 194 valence electrons. The van der Waals surface area contributed by atoms with Crippen LogP contribution in [0.4, 0.5) is 5.69 Å². The number of hydrogen-bond donors (Lipinski definition) is 4. The number of aryl methyl sites for hydroxylation is 1. The Kier molecular flexibility index (Phi) is 8.93. The number of rotatable bonds is 11. The molecule has 4 N–H and O–H groups in total. The van der Waals surface area contributed by atoms with Crippen molar-refractivity contribution in [2.75, 3.05) is 18.4 Å². The lowest BCUT2D eigenvalue weighted by Crippen LogP contribution is -2.36. The van der Waals surface area contributed by atoms with Crippen molar-refractivity contribution in [1.29, 1.82) is 0 Å². The molecule has 7 heteroatoms. The molecule has 0 aromatic heterocycles. The number of phenols is 1. The van der Waals surface area contributed by atoms with E-state index >= 15 is 0 Å². The molecule has 0 saturated carbocycles. The largest absolute Gasteiger partial charge is 0.506 e. The van der Waals surface area contributed by atoms with Gasteiger partial charge in [0.2, 0.25) is 12.3 Å². The lowest BCUT2D eigenvalue weighted by Gasteiger charge is -2.29. The van der Waals surface area contributed by atoms with Crippen LogP contribution in [-0.4, -0.2) is 46.6 Å². The molecule has 2 amide bonds. The Hall–Kier alpha value is -3.68. The van der Waals surface area contributed by atoms with Crippen LogP contribution in [0.15, 0.2) is 66.7 Å². The number of carbonyl (C=O) groups excluding carboxylic acids is 2. The summed E-state index contributed by atoms with van der Waals surface area (Å²) in [6.45, 7) is 3.88. The molecule has 3 aromatic rings. The minimum Gasteiger partial charge on any atom is -0.506 e. The molecule has 0 aliphatic carbocycles. The third kappa shape index (κ3) is 7.18. The normalized spacial score (nSPS) is 14.5. The molecule has 3 aromatic carbocycles. The second-order valence-electron chi connectivity index (χ2n) is 9.72. The highest BCUT2D eigenvalue weighted by Crippen LogP contribution is 2.26. The van der Waals surface area contributed by atoms with Gasteiger partial charge in [-0.1, -0.05) is 54.6 Å². The molecule has 7 nitrogen and oxygen atoms in total. The zero-order chi connectivity index (χ0) is 26.2. The minimum atomic E-state index is -0.783. The fraction of sp³-hybridized carbons (Fsp3) is 0.333. The second-order valence-corrected chi connectivity index (χ2v) is 9.72. The number of phenolic OH excluding ortho intramolecular Hbond substituents is 1. The first-order chi connectivity index (χ1) is 17.9. The highest BCUT2D eigenvalue weighted by atomic mass is 16.3. The molecule has 0 saturated heterocycles. The van der Waals surface area contributed by atoms with Crippen molar-refractivity contribution >= 4 is 18.0 Å². The summed E-state index contributed by atoms with van der Waals surface area (Å²) in [5.41, 5.74) is 5.78. The molecule has 1 aliphatic rings. The Balaban J connectivity index is 1.25. The molecule has 1 unspecified atom stereocenters. The summed E-state index contributed by atoms with van der Waals surface area (Å²) >= 11 is 0. The number of nitrogens with zero attached hydrogens (tertiary/aromatic N) is 1. The van der Waals surface area contributed by atoms with Crippen LogP contribution in [0.2, 0.25) is 0 Å².